The lowest BCUT2D eigenvalue weighted by Gasteiger charge is -2.12. The van der Waals surface area contributed by atoms with Crippen molar-refractivity contribution < 1.29 is 14.3 Å². The van der Waals surface area contributed by atoms with E-state index in [-0.39, 0.29) is 5.78 Å². The number of thioether (sulfide) groups is 1. The highest BCUT2D eigenvalue weighted by molar-refractivity contribution is 7.98. The second kappa shape index (κ2) is 9.10. The van der Waals surface area contributed by atoms with Crippen molar-refractivity contribution in [3.05, 3.63) is 64.4 Å². The Morgan fingerprint density at radius 2 is 2.00 bits per heavy atom. The summed E-state index contributed by atoms with van der Waals surface area (Å²) in [6.07, 6.45) is 2.21. The SMILES string of the molecule is COc1ccc(C(C)=O)cc1CSc1nnc(COc2ccccc2Cl)n1C1CC1. The first-order valence-corrected chi connectivity index (χ1v) is 11.0. The molecule has 3 aromatic rings. The molecule has 156 valence electrons. The first kappa shape index (κ1) is 20.8. The van der Waals surface area contributed by atoms with Crippen molar-refractivity contribution in [3.63, 3.8) is 0 Å². The first-order chi connectivity index (χ1) is 14.6. The molecular weight excluding hydrogens is 422 g/mol. The van der Waals surface area contributed by atoms with Gasteiger partial charge in [0.15, 0.2) is 16.8 Å². The third kappa shape index (κ3) is 4.63. The number of hydrogen-bond acceptors (Lipinski definition) is 6. The quantitative estimate of drug-likeness (QED) is 0.328. The molecule has 1 aromatic heterocycles. The molecular formula is C22H22ClN3O3S. The molecule has 0 radical (unpaired) electrons. The van der Waals surface area contributed by atoms with Crippen molar-refractivity contribution in [2.75, 3.05) is 7.11 Å². The number of ketones is 1. The fourth-order valence-electron chi connectivity index (χ4n) is 3.16. The highest BCUT2D eigenvalue weighted by atomic mass is 35.5. The third-order valence-corrected chi connectivity index (χ3v) is 6.19. The molecule has 2 aromatic carbocycles. The van der Waals surface area contributed by atoms with Gasteiger partial charge in [-0.2, -0.15) is 0 Å². The van der Waals surface area contributed by atoms with Crippen LogP contribution >= 0.6 is 23.4 Å². The van der Waals surface area contributed by atoms with Gasteiger partial charge < -0.3 is 9.47 Å². The zero-order valence-electron chi connectivity index (χ0n) is 16.8. The minimum absolute atomic E-state index is 0.0315. The number of hydrogen-bond donors (Lipinski definition) is 0. The second-order valence-electron chi connectivity index (χ2n) is 7.09. The molecule has 0 N–H and O–H groups in total. The van der Waals surface area contributed by atoms with Crippen LogP contribution in [0, 0.1) is 0 Å². The molecule has 30 heavy (non-hydrogen) atoms. The summed E-state index contributed by atoms with van der Waals surface area (Å²) in [7, 11) is 1.63. The number of nitrogens with zero attached hydrogens (tertiary/aromatic N) is 3. The van der Waals surface area contributed by atoms with E-state index >= 15 is 0 Å². The average Bonchev–Trinajstić information content (AvgIpc) is 3.51. The van der Waals surface area contributed by atoms with E-state index in [0.717, 1.165) is 35.1 Å². The summed E-state index contributed by atoms with van der Waals surface area (Å²) < 4.78 is 13.5. The molecule has 1 aliphatic rings. The number of halogens is 1. The monoisotopic (exact) mass is 443 g/mol. The number of carbonyl (C=O) groups is 1. The third-order valence-electron chi connectivity index (χ3n) is 4.88. The topological polar surface area (TPSA) is 66.2 Å². The standard InChI is InChI=1S/C22H22ClN3O3S/c1-14(27)15-7-10-19(28-2)16(11-15)13-30-22-25-24-21(26(22)17-8-9-17)12-29-20-6-4-3-5-18(20)23/h3-7,10-11,17H,8-9,12-13H2,1-2H3. The maximum Gasteiger partial charge on any atom is 0.191 e. The van der Waals surface area contributed by atoms with Gasteiger partial charge in [0.2, 0.25) is 0 Å². The van der Waals surface area contributed by atoms with Crippen LogP contribution < -0.4 is 9.47 Å². The van der Waals surface area contributed by atoms with E-state index in [1.165, 1.54) is 0 Å². The van der Waals surface area contributed by atoms with Gasteiger partial charge in [0.1, 0.15) is 18.1 Å². The minimum Gasteiger partial charge on any atom is -0.496 e. The van der Waals surface area contributed by atoms with Crippen molar-refractivity contribution in [2.24, 2.45) is 0 Å². The van der Waals surface area contributed by atoms with Crippen molar-refractivity contribution in [3.8, 4) is 11.5 Å². The molecule has 1 fully saturated rings. The molecule has 8 heteroatoms. The van der Waals surface area contributed by atoms with Crippen LogP contribution in [0.25, 0.3) is 0 Å². The van der Waals surface area contributed by atoms with Crippen molar-refractivity contribution in [1.82, 2.24) is 14.8 Å². The van der Waals surface area contributed by atoms with Crippen molar-refractivity contribution >= 4 is 29.1 Å². The van der Waals surface area contributed by atoms with Crippen molar-refractivity contribution in [2.45, 2.75) is 43.3 Å². The van der Waals surface area contributed by atoms with Crippen LogP contribution in [0.15, 0.2) is 47.6 Å². The van der Waals surface area contributed by atoms with E-state index in [4.69, 9.17) is 21.1 Å². The summed E-state index contributed by atoms with van der Waals surface area (Å²) in [4.78, 5) is 11.7. The lowest BCUT2D eigenvalue weighted by molar-refractivity contribution is 0.101. The van der Waals surface area contributed by atoms with E-state index in [9.17, 15) is 4.79 Å². The number of para-hydroxylation sites is 1. The molecule has 0 bridgehead atoms. The molecule has 0 saturated heterocycles. The van der Waals surface area contributed by atoms with Gasteiger partial charge in [0.05, 0.1) is 12.1 Å². The minimum atomic E-state index is 0.0315. The molecule has 0 spiro atoms. The van der Waals surface area contributed by atoms with Gasteiger partial charge in [-0.25, -0.2) is 0 Å². The summed E-state index contributed by atoms with van der Waals surface area (Å²) in [6, 6.07) is 13.3. The molecule has 1 aliphatic carbocycles. The normalized spacial score (nSPS) is 13.3. The van der Waals surface area contributed by atoms with Gasteiger partial charge in [-0.1, -0.05) is 35.5 Å². The predicted molar refractivity (Wildman–Crippen MR) is 117 cm³/mol. The highest BCUT2D eigenvalue weighted by Gasteiger charge is 2.30. The van der Waals surface area contributed by atoms with Crippen LogP contribution in [0.1, 0.15) is 47.6 Å². The fraction of sp³-hybridized carbons (Fsp3) is 0.318. The Balaban J connectivity index is 1.51. The number of carbonyl (C=O) groups excluding carboxylic acids is 1. The number of benzene rings is 2. The van der Waals surface area contributed by atoms with Gasteiger partial charge in [0.25, 0.3) is 0 Å². The molecule has 1 saturated carbocycles. The Kier molecular flexibility index (Phi) is 6.29. The lowest BCUT2D eigenvalue weighted by Crippen LogP contribution is -2.07. The summed E-state index contributed by atoms with van der Waals surface area (Å²) in [5.74, 6) is 2.82. The van der Waals surface area contributed by atoms with Gasteiger partial charge in [0, 0.05) is 22.9 Å². The van der Waals surface area contributed by atoms with Crippen LogP contribution in [-0.2, 0) is 12.4 Å². The Bertz CT molecular complexity index is 1070. The summed E-state index contributed by atoms with van der Waals surface area (Å²) in [5, 5.41) is 10.2. The Morgan fingerprint density at radius 1 is 1.20 bits per heavy atom. The average molecular weight is 444 g/mol. The van der Waals surface area contributed by atoms with Crippen molar-refractivity contribution in [1.29, 1.82) is 0 Å². The van der Waals surface area contributed by atoms with E-state index in [0.29, 0.717) is 34.7 Å². The molecule has 0 unspecified atom stereocenters. The maximum atomic E-state index is 11.7. The fourth-order valence-corrected chi connectivity index (χ4v) is 4.35. The van der Waals surface area contributed by atoms with Gasteiger partial charge in [-0.3, -0.25) is 9.36 Å². The molecule has 0 atom stereocenters. The lowest BCUT2D eigenvalue weighted by atomic mass is 10.1. The Morgan fingerprint density at radius 3 is 2.70 bits per heavy atom. The maximum absolute atomic E-state index is 11.7. The molecule has 1 heterocycles. The number of methoxy groups -OCH3 is 1. The van der Waals surface area contributed by atoms with E-state index < -0.39 is 0 Å². The number of aromatic nitrogens is 3. The largest absolute Gasteiger partial charge is 0.496 e. The Hall–Kier alpha value is -2.51. The van der Waals surface area contributed by atoms with Gasteiger partial charge in [-0.15, -0.1) is 10.2 Å². The van der Waals surface area contributed by atoms with Crippen LogP contribution in [0.3, 0.4) is 0 Å². The number of rotatable bonds is 9. The summed E-state index contributed by atoms with van der Waals surface area (Å²) in [6.45, 7) is 1.87. The van der Waals surface area contributed by atoms with Crippen LogP contribution in [0.5, 0.6) is 11.5 Å². The summed E-state index contributed by atoms with van der Waals surface area (Å²) >= 11 is 7.76. The first-order valence-electron chi connectivity index (χ1n) is 9.68. The molecule has 0 aliphatic heterocycles. The van der Waals surface area contributed by atoms with Gasteiger partial charge in [-0.05, 0) is 50.1 Å². The van der Waals surface area contributed by atoms with Crippen LogP contribution in [-0.4, -0.2) is 27.7 Å². The Labute approximate surface area is 184 Å². The molecule has 4 rings (SSSR count). The predicted octanol–water partition coefficient (Wildman–Crippen LogP) is 5.35. The molecule has 0 amide bonds. The van der Waals surface area contributed by atoms with E-state index in [2.05, 4.69) is 14.8 Å². The zero-order chi connectivity index (χ0) is 21.1. The number of Topliss-reactive ketones (excluding diaryl/α,β-unsaturated/α-hetero) is 1. The van der Waals surface area contributed by atoms with E-state index in [1.54, 1.807) is 37.9 Å². The van der Waals surface area contributed by atoms with Gasteiger partial charge >= 0.3 is 0 Å². The smallest absolute Gasteiger partial charge is 0.191 e. The number of ether oxygens (including phenoxy) is 2. The van der Waals surface area contributed by atoms with Crippen LogP contribution in [0.4, 0.5) is 0 Å². The summed E-state index contributed by atoms with van der Waals surface area (Å²) in [5.41, 5.74) is 1.62. The van der Waals surface area contributed by atoms with E-state index in [1.807, 2.05) is 30.3 Å². The highest BCUT2D eigenvalue weighted by Crippen LogP contribution is 2.40. The van der Waals surface area contributed by atoms with Crippen LogP contribution in [0.2, 0.25) is 5.02 Å². The second-order valence-corrected chi connectivity index (χ2v) is 8.44. The zero-order valence-corrected chi connectivity index (χ0v) is 18.4. The molecule has 6 nitrogen and oxygen atoms in total.